The Balaban J connectivity index is 1.82. The third kappa shape index (κ3) is 4.36. The third-order valence-corrected chi connectivity index (χ3v) is 5.59. The fraction of sp³-hybridized carbons (Fsp3) is 0.500. The van der Waals surface area contributed by atoms with Gasteiger partial charge in [-0.05, 0) is 37.5 Å². The molecule has 1 aromatic carbocycles. The van der Waals surface area contributed by atoms with Crippen LogP contribution in [0.2, 0.25) is 5.02 Å². The van der Waals surface area contributed by atoms with Crippen LogP contribution in [0.25, 0.3) is 10.9 Å². The normalized spacial score (nSPS) is 15.0. The van der Waals surface area contributed by atoms with Crippen LogP contribution in [0.4, 0.5) is 0 Å². The van der Waals surface area contributed by atoms with Gasteiger partial charge in [-0.1, -0.05) is 43.1 Å². The first kappa shape index (κ1) is 18.3. The number of carbonyl (C=O) groups is 1. The molecule has 0 aliphatic heterocycles. The molecule has 25 heavy (non-hydrogen) atoms. The molecule has 5 nitrogen and oxygen atoms in total. The highest BCUT2D eigenvalue weighted by Gasteiger charge is 2.18. The van der Waals surface area contributed by atoms with Crippen molar-refractivity contribution in [3.8, 4) is 0 Å². The molecule has 2 aromatic rings. The number of benzene rings is 1. The van der Waals surface area contributed by atoms with E-state index in [0.29, 0.717) is 33.7 Å². The summed E-state index contributed by atoms with van der Waals surface area (Å²) >= 11 is 7.34. The quantitative estimate of drug-likeness (QED) is 0.615. The highest BCUT2D eigenvalue weighted by atomic mass is 35.5. The maximum atomic E-state index is 12.7. The van der Waals surface area contributed by atoms with Crippen LogP contribution in [0.3, 0.4) is 0 Å². The zero-order chi connectivity index (χ0) is 17.8. The van der Waals surface area contributed by atoms with Crippen molar-refractivity contribution in [2.75, 3.05) is 5.75 Å². The monoisotopic (exact) mass is 379 g/mol. The van der Waals surface area contributed by atoms with Gasteiger partial charge in [-0.3, -0.25) is 14.2 Å². The highest BCUT2D eigenvalue weighted by molar-refractivity contribution is 7.99. The lowest BCUT2D eigenvalue weighted by molar-refractivity contribution is -0.119. The zero-order valence-corrected chi connectivity index (χ0v) is 15.8. The second kappa shape index (κ2) is 8.23. The summed E-state index contributed by atoms with van der Waals surface area (Å²) in [4.78, 5) is 29.5. The lowest BCUT2D eigenvalue weighted by Gasteiger charge is -2.14. The number of nitrogens with zero attached hydrogens (tertiary/aromatic N) is 2. The van der Waals surface area contributed by atoms with E-state index >= 15 is 0 Å². The Labute approximate surface area is 156 Å². The predicted octanol–water partition coefficient (Wildman–Crippen LogP) is 3.61. The smallest absolute Gasteiger partial charge is 0.262 e. The standard InChI is InChI=1S/C18H22ClN3O2S/c1-2-9-22-17(24)14-8-7-12(19)10-15(14)21-18(22)25-11-16(23)20-13-5-3-4-6-13/h7-8,10,13H,2-6,9,11H2,1H3,(H,20,23). The van der Waals surface area contributed by atoms with E-state index in [0.717, 1.165) is 19.3 Å². The van der Waals surface area contributed by atoms with Gasteiger partial charge in [-0.25, -0.2) is 4.98 Å². The van der Waals surface area contributed by atoms with Crippen LogP contribution in [-0.4, -0.2) is 27.3 Å². The van der Waals surface area contributed by atoms with E-state index in [1.807, 2.05) is 6.92 Å². The number of hydrogen-bond donors (Lipinski definition) is 1. The summed E-state index contributed by atoms with van der Waals surface area (Å²) in [6.45, 7) is 2.59. The molecule has 1 saturated carbocycles. The van der Waals surface area contributed by atoms with Crippen molar-refractivity contribution in [2.45, 2.75) is 56.8 Å². The van der Waals surface area contributed by atoms with E-state index in [9.17, 15) is 9.59 Å². The second-order valence-corrected chi connectivity index (χ2v) is 7.73. The van der Waals surface area contributed by atoms with Crippen LogP contribution in [-0.2, 0) is 11.3 Å². The Morgan fingerprint density at radius 2 is 2.16 bits per heavy atom. The van der Waals surface area contributed by atoms with Crippen molar-refractivity contribution in [1.82, 2.24) is 14.9 Å². The Kier molecular flexibility index (Phi) is 6.02. The Bertz CT molecular complexity index is 831. The summed E-state index contributed by atoms with van der Waals surface area (Å²) in [7, 11) is 0. The van der Waals surface area contributed by atoms with Crippen molar-refractivity contribution < 1.29 is 4.79 Å². The van der Waals surface area contributed by atoms with Crippen molar-refractivity contribution in [3.05, 3.63) is 33.6 Å². The van der Waals surface area contributed by atoms with Crippen molar-refractivity contribution >= 4 is 40.2 Å². The number of hydrogen-bond acceptors (Lipinski definition) is 4. The number of amides is 1. The molecule has 0 atom stereocenters. The molecular weight excluding hydrogens is 358 g/mol. The molecular formula is C18H22ClN3O2S. The Morgan fingerprint density at radius 3 is 2.88 bits per heavy atom. The van der Waals surface area contributed by atoms with Gasteiger partial charge < -0.3 is 5.32 Å². The van der Waals surface area contributed by atoms with Gasteiger partial charge in [0.2, 0.25) is 5.91 Å². The summed E-state index contributed by atoms with van der Waals surface area (Å²) < 4.78 is 1.66. The number of nitrogens with one attached hydrogen (secondary N) is 1. The van der Waals surface area contributed by atoms with Gasteiger partial charge in [0.05, 0.1) is 16.7 Å². The average molecular weight is 380 g/mol. The second-order valence-electron chi connectivity index (χ2n) is 6.35. The number of thioether (sulfide) groups is 1. The van der Waals surface area contributed by atoms with E-state index in [1.165, 1.54) is 24.6 Å². The van der Waals surface area contributed by atoms with Gasteiger partial charge >= 0.3 is 0 Å². The van der Waals surface area contributed by atoms with Gasteiger partial charge in [0.25, 0.3) is 5.56 Å². The van der Waals surface area contributed by atoms with Gasteiger partial charge in [-0.15, -0.1) is 0 Å². The van der Waals surface area contributed by atoms with E-state index in [-0.39, 0.29) is 17.2 Å². The van der Waals surface area contributed by atoms with Gasteiger partial charge in [0.15, 0.2) is 5.16 Å². The summed E-state index contributed by atoms with van der Waals surface area (Å²) in [5.74, 6) is 0.263. The van der Waals surface area contributed by atoms with Crippen LogP contribution in [0, 0.1) is 0 Å². The predicted molar refractivity (Wildman–Crippen MR) is 102 cm³/mol. The minimum Gasteiger partial charge on any atom is -0.353 e. The molecule has 0 bridgehead atoms. The highest BCUT2D eigenvalue weighted by Crippen LogP contribution is 2.21. The lowest BCUT2D eigenvalue weighted by Crippen LogP contribution is -2.34. The van der Waals surface area contributed by atoms with Crippen LogP contribution < -0.4 is 10.9 Å². The van der Waals surface area contributed by atoms with E-state index < -0.39 is 0 Å². The number of rotatable bonds is 6. The molecule has 0 unspecified atom stereocenters. The van der Waals surface area contributed by atoms with Crippen molar-refractivity contribution in [1.29, 1.82) is 0 Å². The summed E-state index contributed by atoms with van der Waals surface area (Å²) in [6, 6.07) is 5.40. The van der Waals surface area contributed by atoms with Crippen LogP contribution in [0.1, 0.15) is 39.0 Å². The fourth-order valence-electron chi connectivity index (χ4n) is 3.17. The molecule has 3 rings (SSSR count). The van der Waals surface area contributed by atoms with Crippen molar-refractivity contribution in [3.63, 3.8) is 0 Å². The molecule has 134 valence electrons. The van der Waals surface area contributed by atoms with E-state index in [2.05, 4.69) is 10.3 Å². The maximum Gasteiger partial charge on any atom is 0.262 e. The summed E-state index contributed by atoms with van der Waals surface area (Å²) in [5, 5.41) is 4.74. The minimum atomic E-state index is -0.0813. The van der Waals surface area contributed by atoms with Crippen LogP contribution >= 0.6 is 23.4 Å². The Morgan fingerprint density at radius 1 is 1.40 bits per heavy atom. The number of aromatic nitrogens is 2. The molecule has 1 aliphatic carbocycles. The molecule has 1 aliphatic rings. The summed E-state index contributed by atoms with van der Waals surface area (Å²) in [6.07, 6.45) is 5.30. The first-order valence-electron chi connectivity index (χ1n) is 8.70. The van der Waals surface area contributed by atoms with Gasteiger partial charge in [0.1, 0.15) is 0 Å². The third-order valence-electron chi connectivity index (χ3n) is 4.38. The molecule has 1 fully saturated rings. The molecule has 1 heterocycles. The number of halogens is 1. The molecule has 1 amide bonds. The molecule has 1 aromatic heterocycles. The summed E-state index contributed by atoms with van der Waals surface area (Å²) in [5.41, 5.74) is 0.491. The van der Waals surface area contributed by atoms with Crippen LogP contribution in [0.15, 0.2) is 28.2 Å². The first-order chi connectivity index (χ1) is 12.1. The van der Waals surface area contributed by atoms with E-state index in [4.69, 9.17) is 11.6 Å². The van der Waals surface area contributed by atoms with E-state index in [1.54, 1.807) is 22.8 Å². The van der Waals surface area contributed by atoms with Crippen LogP contribution in [0.5, 0.6) is 0 Å². The van der Waals surface area contributed by atoms with Gasteiger partial charge in [0, 0.05) is 17.6 Å². The Hall–Kier alpha value is -1.53. The molecule has 0 spiro atoms. The number of carbonyl (C=O) groups excluding carboxylic acids is 1. The lowest BCUT2D eigenvalue weighted by atomic mass is 10.2. The largest absolute Gasteiger partial charge is 0.353 e. The van der Waals surface area contributed by atoms with Gasteiger partial charge in [-0.2, -0.15) is 0 Å². The molecule has 0 radical (unpaired) electrons. The molecule has 1 N–H and O–H groups in total. The maximum absolute atomic E-state index is 12.7. The zero-order valence-electron chi connectivity index (χ0n) is 14.3. The topological polar surface area (TPSA) is 64.0 Å². The molecule has 7 heteroatoms. The van der Waals surface area contributed by atoms with Crippen molar-refractivity contribution in [2.24, 2.45) is 0 Å². The SMILES string of the molecule is CCCn1c(SCC(=O)NC2CCCC2)nc2cc(Cl)ccc2c1=O. The fourth-order valence-corrected chi connectivity index (χ4v) is 4.18. The molecule has 0 saturated heterocycles. The average Bonchev–Trinajstić information content (AvgIpc) is 3.08. The minimum absolute atomic E-state index is 0.000360. The first-order valence-corrected chi connectivity index (χ1v) is 10.1. The number of fused-ring (bicyclic) bond motifs is 1.